The molecule has 4 rings (SSSR count). The number of hydrogen-bond acceptors (Lipinski definition) is 5. The van der Waals surface area contributed by atoms with Crippen molar-refractivity contribution in [1.29, 1.82) is 0 Å². The van der Waals surface area contributed by atoms with Crippen molar-refractivity contribution >= 4 is 29.0 Å². The lowest BCUT2D eigenvalue weighted by Crippen LogP contribution is -2.27. The quantitative estimate of drug-likeness (QED) is 0.782. The van der Waals surface area contributed by atoms with Gasteiger partial charge in [-0.3, -0.25) is 14.5 Å². The summed E-state index contributed by atoms with van der Waals surface area (Å²) in [6.07, 6.45) is 1.71. The van der Waals surface area contributed by atoms with Gasteiger partial charge in [-0.1, -0.05) is 35.9 Å². The minimum atomic E-state index is -0.270. The second kappa shape index (κ2) is 6.29. The molecular weight excluding hydrogens is 338 g/mol. The van der Waals surface area contributed by atoms with Crippen LogP contribution in [0, 0.1) is 6.92 Å². The largest absolute Gasteiger partial charge is 0.454 e. The van der Waals surface area contributed by atoms with Crippen molar-refractivity contribution < 1.29 is 19.1 Å². The number of hydrogen-bond donors (Lipinski definition) is 0. The number of amides is 2. The highest BCUT2D eigenvalue weighted by atomic mass is 32.2. The summed E-state index contributed by atoms with van der Waals surface area (Å²) in [7, 11) is 0. The van der Waals surface area contributed by atoms with Crippen molar-refractivity contribution in [2.75, 3.05) is 6.79 Å². The molecule has 25 heavy (non-hydrogen) atoms. The highest BCUT2D eigenvalue weighted by Gasteiger charge is 2.35. The minimum absolute atomic E-state index is 0.200. The van der Waals surface area contributed by atoms with Crippen molar-refractivity contribution in [2.24, 2.45) is 0 Å². The molecule has 0 aromatic heterocycles. The second-order valence-electron chi connectivity index (χ2n) is 5.87. The third kappa shape index (κ3) is 3.13. The van der Waals surface area contributed by atoms with Gasteiger partial charge in [-0.05, 0) is 48.0 Å². The number of ether oxygens (including phenoxy) is 2. The number of carbonyl (C=O) groups is 2. The van der Waals surface area contributed by atoms with Crippen molar-refractivity contribution in [3.05, 3.63) is 64.1 Å². The Morgan fingerprint density at radius 1 is 1.08 bits per heavy atom. The van der Waals surface area contributed by atoms with Gasteiger partial charge < -0.3 is 9.47 Å². The van der Waals surface area contributed by atoms with Crippen molar-refractivity contribution in [1.82, 2.24) is 4.90 Å². The first-order chi connectivity index (χ1) is 12.1. The van der Waals surface area contributed by atoms with E-state index in [1.807, 2.05) is 37.3 Å². The first kappa shape index (κ1) is 15.8. The van der Waals surface area contributed by atoms with E-state index in [2.05, 4.69) is 0 Å². The molecule has 0 bridgehead atoms. The summed E-state index contributed by atoms with van der Waals surface area (Å²) in [6, 6.07) is 13.2. The Labute approximate surface area is 149 Å². The highest BCUT2D eigenvalue weighted by Crippen LogP contribution is 2.36. The monoisotopic (exact) mass is 353 g/mol. The zero-order valence-corrected chi connectivity index (χ0v) is 14.3. The Bertz CT molecular complexity index is 889. The van der Waals surface area contributed by atoms with Gasteiger partial charge in [-0.15, -0.1) is 0 Å². The number of carbonyl (C=O) groups excluding carboxylic acids is 2. The van der Waals surface area contributed by atoms with Gasteiger partial charge in [0, 0.05) is 0 Å². The summed E-state index contributed by atoms with van der Waals surface area (Å²) in [4.78, 5) is 26.5. The molecule has 0 N–H and O–H groups in total. The van der Waals surface area contributed by atoms with E-state index in [1.165, 1.54) is 4.90 Å². The average Bonchev–Trinajstić information content (AvgIpc) is 3.16. The summed E-state index contributed by atoms with van der Waals surface area (Å²) in [5.74, 6) is 1.06. The average molecular weight is 353 g/mol. The van der Waals surface area contributed by atoms with E-state index in [4.69, 9.17) is 9.47 Å². The van der Waals surface area contributed by atoms with E-state index in [9.17, 15) is 9.59 Å². The summed E-state index contributed by atoms with van der Waals surface area (Å²) in [5, 5.41) is -0.252. The molecular formula is C19H15NO4S. The van der Waals surface area contributed by atoms with Crippen LogP contribution in [-0.4, -0.2) is 22.8 Å². The number of benzene rings is 2. The molecule has 0 radical (unpaired) electrons. The van der Waals surface area contributed by atoms with E-state index >= 15 is 0 Å². The SMILES string of the molecule is Cc1ccc(CN2C(=O)SC(=Cc3ccc4c(c3)OCO4)C2=O)cc1. The first-order valence-electron chi connectivity index (χ1n) is 7.81. The molecule has 0 saturated carbocycles. The van der Waals surface area contributed by atoms with E-state index in [-0.39, 0.29) is 24.5 Å². The molecule has 0 spiro atoms. The Balaban J connectivity index is 1.55. The van der Waals surface area contributed by atoms with Gasteiger partial charge in [0.25, 0.3) is 11.1 Å². The fourth-order valence-corrected chi connectivity index (χ4v) is 3.50. The number of nitrogens with zero attached hydrogens (tertiary/aromatic N) is 1. The molecule has 2 aromatic carbocycles. The zero-order chi connectivity index (χ0) is 17.4. The highest BCUT2D eigenvalue weighted by molar-refractivity contribution is 8.18. The number of rotatable bonds is 3. The fraction of sp³-hybridized carbons (Fsp3) is 0.158. The molecule has 0 atom stereocenters. The predicted molar refractivity (Wildman–Crippen MR) is 95.3 cm³/mol. The van der Waals surface area contributed by atoms with Gasteiger partial charge in [-0.2, -0.15) is 0 Å². The van der Waals surface area contributed by atoms with E-state index in [0.717, 1.165) is 28.5 Å². The molecule has 2 aromatic rings. The van der Waals surface area contributed by atoms with Crippen LogP contribution in [0.15, 0.2) is 47.4 Å². The van der Waals surface area contributed by atoms with Crippen LogP contribution in [0.25, 0.3) is 6.08 Å². The molecule has 0 aliphatic carbocycles. The Kier molecular flexibility index (Phi) is 3.97. The fourth-order valence-electron chi connectivity index (χ4n) is 2.67. The maximum atomic E-state index is 12.6. The van der Waals surface area contributed by atoms with E-state index < -0.39 is 0 Å². The zero-order valence-electron chi connectivity index (χ0n) is 13.5. The Morgan fingerprint density at radius 3 is 2.64 bits per heavy atom. The second-order valence-corrected chi connectivity index (χ2v) is 6.86. The van der Waals surface area contributed by atoms with Gasteiger partial charge >= 0.3 is 0 Å². The van der Waals surface area contributed by atoms with Crippen LogP contribution in [0.5, 0.6) is 11.5 Å². The lowest BCUT2D eigenvalue weighted by Gasteiger charge is -2.12. The first-order valence-corrected chi connectivity index (χ1v) is 8.62. The van der Waals surface area contributed by atoms with E-state index in [1.54, 1.807) is 18.2 Å². The van der Waals surface area contributed by atoms with Crippen LogP contribution >= 0.6 is 11.8 Å². The standard InChI is InChI=1S/C19H15NO4S/c1-12-2-4-13(5-3-12)10-20-18(21)17(25-19(20)22)9-14-6-7-15-16(8-14)24-11-23-15/h2-9H,10-11H2,1H3. The van der Waals surface area contributed by atoms with Gasteiger partial charge in [0.2, 0.25) is 6.79 Å². The van der Waals surface area contributed by atoms with Crippen LogP contribution in [-0.2, 0) is 11.3 Å². The summed E-state index contributed by atoms with van der Waals surface area (Å²) >= 11 is 0.959. The normalized spacial score (nSPS) is 17.6. The summed E-state index contributed by atoms with van der Waals surface area (Å²) < 4.78 is 10.6. The molecule has 2 aliphatic heterocycles. The van der Waals surface area contributed by atoms with Crippen molar-refractivity contribution in [2.45, 2.75) is 13.5 Å². The third-order valence-corrected chi connectivity index (χ3v) is 4.94. The van der Waals surface area contributed by atoms with Crippen LogP contribution in [0.4, 0.5) is 4.79 Å². The van der Waals surface area contributed by atoms with Gasteiger partial charge in [-0.25, -0.2) is 0 Å². The number of thioether (sulfide) groups is 1. The maximum absolute atomic E-state index is 12.6. The van der Waals surface area contributed by atoms with Gasteiger partial charge in [0.1, 0.15) is 0 Å². The van der Waals surface area contributed by atoms with Crippen molar-refractivity contribution in [3.8, 4) is 11.5 Å². The predicted octanol–water partition coefficient (Wildman–Crippen LogP) is 3.96. The molecule has 5 nitrogen and oxygen atoms in total. The molecule has 0 unspecified atom stereocenters. The number of aryl methyl sites for hydroxylation is 1. The Hall–Kier alpha value is -2.73. The Morgan fingerprint density at radius 2 is 1.84 bits per heavy atom. The lowest BCUT2D eigenvalue weighted by molar-refractivity contribution is -0.123. The molecule has 6 heteroatoms. The van der Waals surface area contributed by atoms with Gasteiger partial charge in [0.15, 0.2) is 11.5 Å². The third-order valence-electron chi connectivity index (χ3n) is 4.03. The molecule has 126 valence electrons. The molecule has 1 fully saturated rings. The molecule has 2 amide bonds. The topological polar surface area (TPSA) is 55.8 Å². The molecule has 2 aliphatic rings. The lowest BCUT2D eigenvalue weighted by atomic mass is 10.1. The summed E-state index contributed by atoms with van der Waals surface area (Å²) in [6.45, 7) is 2.48. The van der Waals surface area contributed by atoms with E-state index in [0.29, 0.717) is 16.4 Å². The molecule has 2 heterocycles. The van der Waals surface area contributed by atoms with Crippen molar-refractivity contribution in [3.63, 3.8) is 0 Å². The van der Waals surface area contributed by atoms with Crippen LogP contribution in [0.3, 0.4) is 0 Å². The molecule has 1 saturated heterocycles. The number of fused-ring (bicyclic) bond motifs is 1. The minimum Gasteiger partial charge on any atom is -0.454 e. The van der Waals surface area contributed by atoms with Crippen LogP contribution in [0.2, 0.25) is 0 Å². The maximum Gasteiger partial charge on any atom is 0.293 e. The van der Waals surface area contributed by atoms with Crippen LogP contribution in [0.1, 0.15) is 16.7 Å². The summed E-state index contributed by atoms with van der Waals surface area (Å²) in [5.41, 5.74) is 2.86. The smallest absolute Gasteiger partial charge is 0.293 e. The number of imide groups is 1. The van der Waals surface area contributed by atoms with Crippen LogP contribution < -0.4 is 9.47 Å². The van der Waals surface area contributed by atoms with Gasteiger partial charge in [0.05, 0.1) is 11.4 Å².